The smallest absolute Gasteiger partial charge is 0.414 e. The molecule has 2 aliphatic heterocycles. The topological polar surface area (TPSA) is 134 Å². The average Bonchev–Trinajstić information content (AvgIpc) is 2.91. The summed E-state index contributed by atoms with van der Waals surface area (Å²) < 4.78 is 5.39. The molecule has 1 atom stereocenters. The van der Waals surface area contributed by atoms with E-state index < -0.39 is 17.9 Å². The summed E-state index contributed by atoms with van der Waals surface area (Å²) in [5.41, 5.74) is 8.28. The summed E-state index contributed by atoms with van der Waals surface area (Å²) in [6.45, 7) is 5.27. The van der Waals surface area contributed by atoms with E-state index in [1.165, 1.54) is 13.2 Å². The van der Waals surface area contributed by atoms with Gasteiger partial charge in [-0.3, -0.25) is 14.5 Å². The zero-order valence-electron chi connectivity index (χ0n) is 21.9. The standard InChI is InChI=1S/C27H33N5O6/c1-17(2)14-21(25(28)33)29-26(34)18-8-9-23(24(15-18)32(36)37-3)30-12-10-20(11-13-30)31-22-7-5-4-6-19(22)16-38-27(31)35/h4-9,15,17,20-21H,10-14,16H2,1-3H3,(H2-,28,29,33,34)/p+1. The molecule has 202 valence electrons. The van der Waals surface area contributed by atoms with Crippen LogP contribution in [-0.4, -0.2) is 55.1 Å². The Labute approximate surface area is 221 Å². The monoisotopic (exact) mass is 524 g/mol. The first-order valence-corrected chi connectivity index (χ1v) is 12.7. The van der Waals surface area contributed by atoms with Crippen molar-refractivity contribution in [1.82, 2.24) is 5.32 Å². The Balaban J connectivity index is 1.51. The maximum Gasteiger partial charge on any atom is 0.414 e. The summed E-state index contributed by atoms with van der Waals surface area (Å²) in [5.74, 6) is -0.971. The highest BCUT2D eigenvalue weighted by Gasteiger charge is 2.36. The van der Waals surface area contributed by atoms with Crippen LogP contribution in [0.3, 0.4) is 0 Å². The fourth-order valence-corrected chi connectivity index (χ4v) is 5.02. The van der Waals surface area contributed by atoms with Crippen LogP contribution in [0.5, 0.6) is 0 Å². The van der Waals surface area contributed by atoms with Crippen molar-refractivity contribution in [2.24, 2.45) is 11.7 Å². The molecule has 0 spiro atoms. The number of nitrogens with one attached hydrogen (secondary N) is 1. The van der Waals surface area contributed by atoms with Gasteiger partial charge >= 0.3 is 11.8 Å². The maximum absolute atomic E-state index is 12.9. The number of nitrogens with zero attached hydrogens (tertiary/aromatic N) is 3. The molecule has 38 heavy (non-hydrogen) atoms. The first-order chi connectivity index (χ1) is 18.2. The molecule has 2 heterocycles. The van der Waals surface area contributed by atoms with Crippen LogP contribution >= 0.6 is 0 Å². The summed E-state index contributed by atoms with van der Waals surface area (Å²) in [7, 11) is 1.25. The number of hydrogen-bond acceptors (Lipinski definition) is 7. The van der Waals surface area contributed by atoms with Crippen LogP contribution in [0, 0.1) is 10.8 Å². The number of nitrogens with two attached hydrogens (primary N) is 1. The number of amides is 3. The SMILES string of the molecule is CO[N+](=O)c1cc(C(=O)NC(CC(C)C)C(N)=O)ccc1N1CCC(N2C(=O)OCc3ccccc32)CC1. The Morgan fingerprint density at radius 2 is 1.87 bits per heavy atom. The lowest BCUT2D eigenvalue weighted by atomic mass is 9.99. The lowest BCUT2D eigenvalue weighted by Gasteiger charge is -2.40. The molecule has 0 radical (unpaired) electrons. The van der Waals surface area contributed by atoms with Crippen molar-refractivity contribution in [2.45, 2.75) is 51.8 Å². The molecule has 0 aromatic heterocycles. The normalized spacial score (nSPS) is 16.5. The van der Waals surface area contributed by atoms with Gasteiger partial charge in [0.15, 0.2) is 7.11 Å². The van der Waals surface area contributed by atoms with E-state index in [1.54, 1.807) is 17.0 Å². The van der Waals surface area contributed by atoms with Gasteiger partial charge in [-0.25, -0.2) is 9.63 Å². The average molecular weight is 525 g/mol. The molecule has 2 aromatic rings. The van der Waals surface area contributed by atoms with Crippen LogP contribution in [-0.2, 0) is 21.0 Å². The van der Waals surface area contributed by atoms with Gasteiger partial charge in [-0.1, -0.05) is 32.0 Å². The number of carbonyl (C=O) groups is 3. The maximum atomic E-state index is 12.9. The Bertz CT molecular complexity index is 1220. The molecule has 11 nitrogen and oxygen atoms in total. The molecule has 11 heteroatoms. The van der Waals surface area contributed by atoms with E-state index in [9.17, 15) is 19.3 Å². The number of primary amides is 1. The number of ether oxygens (including phenoxy) is 1. The van der Waals surface area contributed by atoms with E-state index in [4.69, 9.17) is 15.3 Å². The predicted octanol–water partition coefficient (Wildman–Crippen LogP) is 3.41. The summed E-state index contributed by atoms with van der Waals surface area (Å²) in [4.78, 5) is 59.0. The van der Waals surface area contributed by atoms with Crippen molar-refractivity contribution in [3.8, 4) is 0 Å². The van der Waals surface area contributed by atoms with E-state index >= 15 is 0 Å². The van der Waals surface area contributed by atoms with Crippen LogP contribution in [0.25, 0.3) is 0 Å². The quantitative estimate of drug-likeness (QED) is 0.480. The van der Waals surface area contributed by atoms with Gasteiger partial charge in [-0.2, -0.15) is 0 Å². The Kier molecular flexibility index (Phi) is 8.13. The van der Waals surface area contributed by atoms with Gasteiger partial charge in [0.25, 0.3) is 10.8 Å². The van der Waals surface area contributed by atoms with Gasteiger partial charge in [-0.15, -0.1) is 0 Å². The molecule has 0 bridgehead atoms. The van der Waals surface area contributed by atoms with Crippen LogP contribution in [0.4, 0.5) is 21.9 Å². The van der Waals surface area contributed by atoms with Crippen molar-refractivity contribution in [1.29, 1.82) is 0 Å². The largest absolute Gasteiger partial charge is 0.444 e. The summed E-state index contributed by atoms with van der Waals surface area (Å²) in [6.07, 6.45) is 1.37. The Morgan fingerprint density at radius 1 is 1.16 bits per heavy atom. The first-order valence-electron chi connectivity index (χ1n) is 12.7. The fraction of sp³-hybridized carbons (Fsp3) is 0.444. The Hall–Kier alpha value is -4.15. The predicted molar refractivity (Wildman–Crippen MR) is 141 cm³/mol. The second-order valence-corrected chi connectivity index (χ2v) is 9.97. The lowest BCUT2D eigenvalue weighted by Crippen LogP contribution is -2.49. The minimum Gasteiger partial charge on any atom is -0.444 e. The second kappa shape index (κ2) is 11.5. The molecular formula is C27H34N5O6+. The first kappa shape index (κ1) is 26.9. The van der Waals surface area contributed by atoms with E-state index in [0.29, 0.717) is 43.0 Å². The van der Waals surface area contributed by atoms with Crippen LogP contribution in [0.2, 0.25) is 0 Å². The third-order valence-electron chi connectivity index (χ3n) is 6.93. The van der Waals surface area contributed by atoms with E-state index in [0.717, 1.165) is 11.3 Å². The van der Waals surface area contributed by atoms with Gasteiger partial charge in [-0.05, 0) is 43.4 Å². The molecule has 4 rings (SSSR count). The summed E-state index contributed by atoms with van der Waals surface area (Å²) in [6, 6.07) is 11.6. The molecule has 0 saturated carbocycles. The molecule has 3 amide bonds. The number of carbonyl (C=O) groups excluding carboxylic acids is 3. The van der Waals surface area contributed by atoms with E-state index in [1.807, 2.05) is 43.0 Å². The number of benzene rings is 2. The van der Waals surface area contributed by atoms with Gasteiger partial charge in [0.05, 0.1) is 10.6 Å². The minimum atomic E-state index is -0.818. The van der Waals surface area contributed by atoms with Crippen molar-refractivity contribution in [2.75, 3.05) is 30.0 Å². The minimum absolute atomic E-state index is 0.0498. The highest BCUT2D eigenvalue weighted by atomic mass is 16.8. The summed E-state index contributed by atoms with van der Waals surface area (Å²) >= 11 is 0. The fourth-order valence-electron chi connectivity index (χ4n) is 5.02. The van der Waals surface area contributed by atoms with Gasteiger partial charge < -0.3 is 20.7 Å². The van der Waals surface area contributed by atoms with Crippen molar-refractivity contribution < 1.29 is 28.9 Å². The van der Waals surface area contributed by atoms with Crippen molar-refractivity contribution in [3.05, 3.63) is 58.5 Å². The molecule has 0 aliphatic carbocycles. The number of cyclic esters (lactones) is 1. The number of fused-ring (bicyclic) bond motifs is 1. The van der Waals surface area contributed by atoms with Gasteiger partial charge in [0, 0.05) is 36.3 Å². The van der Waals surface area contributed by atoms with Crippen LogP contribution in [0.1, 0.15) is 49.0 Å². The second-order valence-electron chi connectivity index (χ2n) is 9.97. The molecule has 2 aromatic carbocycles. The zero-order chi connectivity index (χ0) is 27.4. The number of hydrogen-bond donors (Lipinski definition) is 2. The van der Waals surface area contributed by atoms with E-state index in [2.05, 4.69) is 5.32 Å². The van der Waals surface area contributed by atoms with Crippen LogP contribution in [0.15, 0.2) is 42.5 Å². The number of rotatable bonds is 9. The third-order valence-corrected chi connectivity index (χ3v) is 6.93. The number of anilines is 2. The van der Waals surface area contributed by atoms with E-state index in [-0.39, 0.29) is 35.9 Å². The summed E-state index contributed by atoms with van der Waals surface area (Å²) in [5, 5.41) is 2.66. The highest BCUT2D eigenvalue weighted by molar-refractivity contribution is 5.98. The molecule has 3 N–H and O–H groups in total. The van der Waals surface area contributed by atoms with Crippen LogP contribution < -0.4 is 20.9 Å². The Morgan fingerprint density at radius 3 is 2.53 bits per heavy atom. The van der Waals surface area contributed by atoms with Crippen molar-refractivity contribution in [3.63, 3.8) is 0 Å². The molecule has 2 aliphatic rings. The molecular weight excluding hydrogens is 490 g/mol. The highest BCUT2D eigenvalue weighted by Crippen LogP contribution is 2.35. The van der Waals surface area contributed by atoms with Crippen molar-refractivity contribution >= 4 is 35.0 Å². The van der Waals surface area contributed by atoms with Gasteiger partial charge in [0.1, 0.15) is 18.3 Å². The molecule has 1 saturated heterocycles. The number of para-hydroxylation sites is 1. The molecule has 1 fully saturated rings. The van der Waals surface area contributed by atoms with Gasteiger partial charge in [0.2, 0.25) is 5.91 Å². The zero-order valence-corrected chi connectivity index (χ0v) is 21.9. The number of piperidine rings is 1. The third kappa shape index (κ3) is 5.71. The lowest BCUT2D eigenvalue weighted by molar-refractivity contribution is -0.736. The molecule has 1 unspecified atom stereocenters.